The zero-order valence-electron chi connectivity index (χ0n) is 14.9. The van der Waals surface area contributed by atoms with Gasteiger partial charge in [-0.25, -0.2) is 9.18 Å². The van der Waals surface area contributed by atoms with Crippen molar-refractivity contribution in [1.29, 1.82) is 0 Å². The molecule has 0 unspecified atom stereocenters. The third-order valence-electron chi connectivity index (χ3n) is 4.00. The molecule has 142 valence electrons. The van der Waals surface area contributed by atoms with E-state index in [2.05, 4.69) is 10.6 Å². The van der Waals surface area contributed by atoms with Gasteiger partial charge in [-0.3, -0.25) is 14.5 Å². The summed E-state index contributed by atoms with van der Waals surface area (Å²) < 4.78 is 12.9. The number of hydrogen-bond donors (Lipinski definition) is 2. The minimum absolute atomic E-state index is 0.312. The van der Waals surface area contributed by atoms with Crippen LogP contribution in [0.15, 0.2) is 66.8 Å². The molecule has 7 heteroatoms. The number of carbonyl (C=O) groups is 3. The quantitative estimate of drug-likeness (QED) is 0.793. The predicted molar refractivity (Wildman–Crippen MR) is 105 cm³/mol. The first-order valence-corrected chi connectivity index (χ1v) is 8.65. The van der Waals surface area contributed by atoms with Gasteiger partial charge in [0.25, 0.3) is 11.8 Å². The van der Waals surface area contributed by atoms with E-state index in [1.54, 1.807) is 36.4 Å². The molecule has 2 aromatic rings. The number of rotatable bonds is 4. The summed E-state index contributed by atoms with van der Waals surface area (Å²) in [6, 6.07) is 11.8. The lowest BCUT2D eigenvalue weighted by Gasteiger charge is -2.19. The van der Waals surface area contributed by atoms with E-state index in [9.17, 15) is 18.8 Å². The summed E-state index contributed by atoms with van der Waals surface area (Å²) in [5.41, 5.74) is 1.77. The van der Waals surface area contributed by atoms with Crippen LogP contribution in [0.5, 0.6) is 0 Å². The Hall–Kier alpha value is -3.74. The van der Waals surface area contributed by atoms with Gasteiger partial charge in [0.05, 0.1) is 0 Å². The lowest BCUT2D eigenvalue weighted by Crippen LogP contribution is -2.37. The lowest BCUT2D eigenvalue weighted by atomic mass is 10.2. The number of halogens is 1. The number of urea groups is 1. The molecule has 3 rings (SSSR count). The van der Waals surface area contributed by atoms with Crippen LogP contribution in [0, 0.1) is 5.82 Å². The molecule has 1 aliphatic heterocycles. The highest BCUT2D eigenvalue weighted by atomic mass is 19.1. The highest BCUT2D eigenvalue weighted by molar-refractivity contribution is 6.07. The molecule has 1 aliphatic rings. The normalized spacial score (nSPS) is 13.6. The molecule has 2 N–H and O–H groups in total. The minimum Gasteiger partial charge on any atom is -0.308 e. The molecule has 4 amide bonds. The first-order chi connectivity index (χ1) is 13.5. The number of benzene rings is 2. The van der Waals surface area contributed by atoms with Gasteiger partial charge in [0.1, 0.15) is 5.82 Å². The zero-order valence-corrected chi connectivity index (χ0v) is 14.9. The Balaban J connectivity index is 1.55. The predicted octanol–water partition coefficient (Wildman–Crippen LogP) is 3.80. The summed E-state index contributed by atoms with van der Waals surface area (Å²) in [7, 11) is 0. The van der Waals surface area contributed by atoms with E-state index in [4.69, 9.17) is 0 Å². The van der Waals surface area contributed by atoms with E-state index in [0.29, 0.717) is 24.3 Å². The molecule has 28 heavy (non-hydrogen) atoms. The summed E-state index contributed by atoms with van der Waals surface area (Å²) in [5, 5.41) is 5.25. The SMILES string of the molecule is O=C(Nc1ccc(F)cc1)Nc1ccc(C=CC(=O)N2CCC=CC2=O)cc1. The molecule has 1 heterocycles. The summed E-state index contributed by atoms with van der Waals surface area (Å²) in [4.78, 5) is 36.9. The Morgan fingerprint density at radius 1 is 0.964 bits per heavy atom. The highest BCUT2D eigenvalue weighted by Gasteiger charge is 2.18. The van der Waals surface area contributed by atoms with Crippen molar-refractivity contribution in [3.8, 4) is 0 Å². The molecule has 0 aliphatic carbocycles. The van der Waals surface area contributed by atoms with E-state index >= 15 is 0 Å². The van der Waals surface area contributed by atoms with Gasteiger partial charge in [-0.1, -0.05) is 18.2 Å². The first kappa shape index (κ1) is 19.0. The van der Waals surface area contributed by atoms with Gasteiger partial charge < -0.3 is 10.6 Å². The van der Waals surface area contributed by atoms with Crippen molar-refractivity contribution in [2.75, 3.05) is 17.2 Å². The molecule has 0 saturated heterocycles. The Labute approximate surface area is 161 Å². The Bertz CT molecular complexity index is 934. The van der Waals surface area contributed by atoms with Gasteiger partial charge in [0, 0.05) is 24.0 Å². The van der Waals surface area contributed by atoms with Gasteiger partial charge in [0.15, 0.2) is 0 Å². The fourth-order valence-electron chi connectivity index (χ4n) is 2.57. The van der Waals surface area contributed by atoms with E-state index in [0.717, 1.165) is 5.56 Å². The van der Waals surface area contributed by atoms with Crippen molar-refractivity contribution < 1.29 is 18.8 Å². The number of anilines is 2. The average Bonchev–Trinajstić information content (AvgIpc) is 2.69. The third-order valence-corrected chi connectivity index (χ3v) is 4.00. The molecular weight excluding hydrogens is 361 g/mol. The number of hydrogen-bond acceptors (Lipinski definition) is 3. The number of amides is 4. The van der Waals surface area contributed by atoms with Crippen molar-refractivity contribution >= 4 is 35.3 Å². The second-order valence-electron chi connectivity index (χ2n) is 6.06. The van der Waals surface area contributed by atoms with Gasteiger partial charge in [-0.15, -0.1) is 0 Å². The maximum Gasteiger partial charge on any atom is 0.323 e. The van der Waals surface area contributed by atoms with Crippen LogP contribution in [0.3, 0.4) is 0 Å². The van der Waals surface area contributed by atoms with Gasteiger partial charge in [-0.2, -0.15) is 0 Å². The molecule has 0 fully saturated rings. The lowest BCUT2D eigenvalue weighted by molar-refractivity contribution is -0.139. The van der Waals surface area contributed by atoms with Crippen LogP contribution < -0.4 is 10.6 Å². The fraction of sp³-hybridized carbons (Fsp3) is 0.0952. The van der Waals surface area contributed by atoms with Gasteiger partial charge in [-0.05, 0) is 60.5 Å². The molecule has 2 aromatic carbocycles. The molecule has 0 aromatic heterocycles. The van der Waals surface area contributed by atoms with E-state index in [1.807, 2.05) is 0 Å². The summed E-state index contributed by atoms with van der Waals surface area (Å²) in [5.74, 6) is -1.06. The van der Waals surface area contributed by atoms with Crippen molar-refractivity contribution in [3.63, 3.8) is 0 Å². The van der Waals surface area contributed by atoms with Crippen LogP contribution in [0.25, 0.3) is 6.08 Å². The zero-order chi connectivity index (χ0) is 19.9. The monoisotopic (exact) mass is 379 g/mol. The van der Waals surface area contributed by atoms with E-state index in [-0.39, 0.29) is 17.6 Å². The summed E-state index contributed by atoms with van der Waals surface area (Å²) >= 11 is 0. The van der Waals surface area contributed by atoms with Crippen molar-refractivity contribution in [3.05, 3.63) is 78.1 Å². The second-order valence-corrected chi connectivity index (χ2v) is 6.06. The summed E-state index contributed by atoms with van der Waals surface area (Å²) in [6.45, 7) is 0.379. The largest absolute Gasteiger partial charge is 0.323 e. The van der Waals surface area contributed by atoms with E-state index in [1.165, 1.54) is 41.3 Å². The van der Waals surface area contributed by atoms with Crippen LogP contribution in [-0.2, 0) is 9.59 Å². The molecule has 0 atom stereocenters. The second kappa shape index (κ2) is 8.77. The smallest absolute Gasteiger partial charge is 0.308 e. The van der Waals surface area contributed by atoms with Gasteiger partial charge in [0.2, 0.25) is 0 Å². The van der Waals surface area contributed by atoms with Crippen molar-refractivity contribution in [1.82, 2.24) is 4.90 Å². The number of nitrogens with zero attached hydrogens (tertiary/aromatic N) is 1. The summed E-state index contributed by atoms with van der Waals surface area (Å²) in [6.07, 6.45) is 6.75. The third kappa shape index (κ3) is 5.14. The highest BCUT2D eigenvalue weighted by Crippen LogP contribution is 2.13. The van der Waals surface area contributed by atoms with Crippen LogP contribution in [0.1, 0.15) is 12.0 Å². The molecule has 6 nitrogen and oxygen atoms in total. The van der Waals surface area contributed by atoms with Crippen LogP contribution in [-0.4, -0.2) is 29.3 Å². The topological polar surface area (TPSA) is 78.5 Å². The Morgan fingerprint density at radius 3 is 2.18 bits per heavy atom. The van der Waals surface area contributed by atoms with Crippen LogP contribution in [0.2, 0.25) is 0 Å². The first-order valence-electron chi connectivity index (χ1n) is 8.65. The molecule has 0 radical (unpaired) electrons. The number of imide groups is 1. The maximum absolute atomic E-state index is 12.9. The molecular formula is C21H18FN3O3. The van der Waals surface area contributed by atoms with Crippen molar-refractivity contribution in [2.24, 2.45) is 0 Å². The number of nitrogens with one attached hydrogen (secondary N) is 2. The standard InChI is InChI=1S/C21H18FN3O3/c22-16-7-11-18(12-8-16)24-21(28)23-17-9-4-15(5-10-17)6-13-20(27)25-14-2-1-3-19(25)26/h1,3-13H,2,14H2,(H2,23,24,28). The number of carbonyl (C=O) groups excluding carboxylic acids is 3. The van der Waals surface area contributed by atoms with E-state index < -0.39 is 6.03 Å². The average molecular weight is 379 g/mol. The molecule has 0 saturated carbocycles. The van der Waals surface area contributed by atoms with Gasteiger partial charge >= 0.3 is 6.03 Å². The van der Waals surface area contributed by atoms with Crippen LogP contribution in [0.4, 0.5) is 20.6 Å². The van der Waals surface area contributed by atoms with Crippen LogP contribution >= 0.6 is 0 Å². The Morgan fingerprint density at radius 2 is 1.57 bits per heavy atom. The van der Waals surface area contributed by atoms with Crippen molar-refractivity contribution in [2.45, 2.75) is 6.42 Å². The Kier molecular flexibility index (Phi) is 5.96. The molecule has 0 bridgehead atoms. The molecule has 0 spiro atoms. The maximum atomic E-state index is 12.9. The fourth-order valence-corrected chi connectivity index (χ4v) is 2.57. The minimum atomic E-state index is -0.457.